The fourth-order valence-corrected chi connectivity index (χ4v) is 2.09. The molecule has 1 aliphatic rings. The fraction of sp³-hybridized carbons (Fsp3) is 0.588. The maximum Gasteiger partial charge on any atom is 0.191 e. The van der Waals surface area contributed by atoms with Crippen molar-refractivity contribution in [1.29, 1.82) is 0 Å². The summed E-state index contributed by atoms with van der Waals surface area (Å²) in [5.74, 6) is 1.38. The Bertz CT molecular complexity index is 507. The van der Waals surface area contributed by atoms with E-state index in [0.29, 0.717) is 18.7 Å². The van der Waals surface area contributed by atoms with Crippen LogP contribution >= 0.6 is 24.0 Å². The molecule has 130 valence electrons. The number of nitrogens with zero attached hydrogens (tertiary/aromatic N) is 1. The van der Waals surface area contributed by atoms with E-state index in [9.17, 15) is 4.39 Å². The molecule has 4 nitrogen and oxygen atoms in total. The van der Waals surface area contributed by atoms with Crippen LogP contribution in [0.1, 0.15) is 30.9 Å². The first kappa shape index (κ1) is 20.2. The third-order valence-corrected chi connectivity index (χ3v) is 3.58. The van der Waals surface area contributed by atoms with E-state index in [0.717, 1.165) is 37.1 Å². The van der Waals surface area contributed by atoms with Gasteiger partial charge in [-0.2, -0.15) is 0 Å². The SMILES string of the molecule is CCNC(=NCc1ccc(F)c(C)c1)NCCOCC1CC1.I. The molecule has 1 fully saturated rings. The average molecular weight is 435 g/mol. The molecule has 0 atom stereocenters. The Hall–Kier alpha value is -0.890. The Morgan fingerprint density at radius 2 is 2.13 bits per heavy atom. The summed E-state index contributed by atoms with van der Waals surface area (Å²) >= 11 is 0. The molecule has 23 heavy (non-hydrogen) atoms. The summed E-state index contributed by atoms with van der Waals surface area (Å²) in [6.45, 7) is 7.43. The van der Waals surface area contributed by atoms with Gasteiger partial charge < -0.3 is 15.4 Å². The monoisotopic (exact) mass is 435 g/mol. The molecule has 0 spiro atoms. The van der Waals surface area contributed by atoms with Gasteiger partial charge in [-0.05, 0) is 49.8 Å². The number of rotatable bonds is 8. The van der Waals surface area contributed by atoms with Crippen molar-refractivity contribution in [2.24, 2.45) is 10.9 Å². The highest BCUT2D eigenvalue weighted by Crippen LogP contribution is 2.28. The molecule has 1 aromatic rings. The van der Waals surface area contributed by atoms with Gasteiger partial charge in [0, 0.05) is 19.7 Å². The first-order valence-corrected chi connectivity index (χ1v) is 8.04. The zero-order chi connectivity index (χ0) is 15.8. The third-order valence-electron chi connectivity index (χ3n) is 3.58. The van der Waals surface area contributed by atoms with E-state index >= 15 is 0 Å². The predicted molar refractivity (Wildman–Crippen MR) is 103 cm³/mol. The maximum atomic E-state index is 13.2. The topological polar surface area (TPSA) is 45.7 Å². The molecule has 0 heterocycles. The second-order valence-electron chi connectivity index (χ2n) is 5.72. The van der Waals surface area contributed by atoms with Crippen LogP contribution in [0.2, 0.25) is 0 Å². The number of guanidine groups is 1. The van der Waals surface area contributed by atoms with Crippen LogP contribution in [-0.2, 0) is 11.3 Å². The molecule has 1 saturated carbocycles. The van der Waals surface area contributed by atoms with Gasteiger partial charge in [0.05, 0.1) is 13.2 Å². The largest absolute Gasteiger partial charge is 0.379 e. The summed E-state index contributed by atoms with van der Waals surface area (Å²) in [5.41, 5.74) is 1.65. The van der Waals surface area contributed by atoms with Gasteiger partial charge in [0.1, 0.15) is 5.82 Å². The number of aryl methyl sites for hydroxylation is 1. The number of nitrogens with one attached hydrogen (secondary N) is 2. The lowest BCUT2D eigenvalue weighted by Crippen LogP contribution is -2.39. The molecule has 2 N–H and O–H groups in total. The molecular weight excluding hydrogens is 408 g/mol. The molecular formula is C17H27FIN3O. The van der Waals surface area contributed by atoms with Gasteiger partial charge >= 0.3 is 0 Å². The standard InChI is InChI=1S/C17H26FN3O.HI/c1-3-19-17(20-8-9-22-12-14-4-5-14)21-11-15-6-7-16(18)13(2)10-15;/h6-7,10,14H,3-5,8-9,11-12H2,1-2H3,(H2,19,20,21);1H. The molecule has 6 heteroatoms. The lowest BCUT2D eigenvalue weighted by atomic mass is 10.1. The normalized spacial score (nSPS) is 14.3. The molecule has 0 bridgehead atoms. The molecule has 0 radical (unpaired) electrons. The second-order valence-corrected chi connectivity index (χ2v) is 5.72. The minimum absolute atomic E-state index is 0. The van der Waals surface area contributed by atoms with Crippen LogP contribution in [0.4, 0.5) is 4.39 Å². The van der Waals surface area contributed by atoms with Crippen molar-refractivity contribution in [2.75, 3.05) is 26.3 Å². The van der Waals surface area contributed by atoms with Crippen LogP contribution in [0, 0.1) is 18.7 Å². The van der Waals surface area contributed by atoms with Crippen molar-refractivity contribution in [3.8, 4) is 0 Å². The van der Waals surface area contributed by atoms with E-state index in [-0.39, 0.29) is 29.8 Å². The minimum Gasteiger partial charge on any atom is -0.379 e. The van der Waals surface area contributed by atoms with Gasteiger partial charge in [0.2, 0.25) is 0 Å². The summed E-state index contributed by atoms with van der Waals surface area (Å²) in [4.78, 5) is 4.52. The molecule has 0 saturated heterocycles. The lowest BCUT2D eigenvalue weighted by molar-refractivity contribution is 0.129. The number of hydrogen-bond donors (Lipinski definition) is 2. The van der Waals surface area contributed by atoms with Gasteiger partial charge in [-0.3, -0.25) is 0 Å². The molecule has 0 unspecified atom stereocenters. The average Bonchev–Trinajstić information content (AvgIpc) is 3.32. The number of aliphatic imine (C=N–C) groups is 1. The van der Waals surface area contributed by atoms with Crippen LogP contribution in [0.25, 0.3) is 0 Å². The van der Waals surface area contributed by atoms with Gasteiger partial charge in [-0.1, -0.05) is 12.1 Å². The molecule has 1 aliphatic carbocycles. The molecule has 0 amide bonds. The van der Waals surface area contributed by atoms with E-state index in [1.54, 1.807) is 13.0 Å². The smallest absolute Gasteiger partial charge is 0.191 e. The van der Waals surface area contributed by atoms with E-state index < -0.39 is 0 Å². The molecule has 2 rings (SSSR count). The number of ether oxygens (including phenoxy) is 1. The number of hydrogen-bond acceptors (Lipinski definition) is 2. The van der Waals surface area contributed by atoms with Gasteiger partial charge in [0.15, 0.2) is 5.96 Å². The van der Waals surface area contributed by atoms with Gasteiger partial charge in [-0.15, -0.1) is 24.0 Å². The van der Waals surface area contributed by atoms with E-state index in [2.05, 4.69) is 15.6 Å². The van der Waals surface area contributed by atoms with Crippen molar-refractivity contribution in [2.45, 2.75) is 33.2 Å². The molecule has 0 aliphatic heterocycles. The Morgan fingerprint density at radius 3 is 2.78 bits per heavy atom. The zero-order valence-corrected chi connectivity index (χ0v) is 16.2. The first-order valence-electron chi connectivity index (χ1n) is 8.04. The summed E-state index contributed by atoms with van der Waals surface area (Å²) in [6.07, 6.45) is 2.63. The first-order chi connectivity index (χ1) is 10.7. The molecule has 0 aromatic heterocycles. The summed E-state index contributed by atoms with van der Waals surface area (Å²) in [7, 11) is 0. The summed E-state index contributed by atoms with van der Waals surface area (Å²) in [6, 6.07) is 5.10. The third kappa shape index (κ3) is 7.97. The lowest BCUT2D eigenvalue weighted by Gasteiger charge is -2.11. The number of benzene rings is 1. The van der Waals surface area contributed by atoms with E-state index in [1.807, 2.05) is 13.0 Å². The van der Waals surface area contributed by atoms with Crippen LogP contribution in [0.5, 0.6) is 0 Å². The van der Waals surface area contributed by atoms with Crippen LogP contribution in [0.3, 0.4) is 0 Å². The predicted octanol–water partition coefficient (Wildman–Crippen LogP) is 3.23. The Kier molecular flexibility index (Phi) is 9.47. The van der Waals surface area contributed by atoms with Crippen molar-refractivity contribution in [3.63, 3.8) is 0 Å². The summed E-state index contributed by atoms with van der Waals surface area (Å²) in [5, 5.41) is 6.45. The Morgan fingerprint density at radius 1 is 1.35 bits per heavy atom. The van der Waals surface area contributed by atoms with Crippen molar-refractivity contribution in [3.05, 3.63) is 35.1 Å². The Labute approximate surface area is 155 Å². The summed E-state index contributed by atoms with van der Waals surface area (Å²) < 4.78 is 18.8. The van der Waals surface area contributed by atoms with E-state index in [1.165, 1.54) is 18.9 Å². The highest BCUT2D eigenvalue weighted by Gasteiger charge is 2.20. The fourth-order valence-electron chi connectivity index (χ4n) is 2.09. The van der Waals surface area contributed by atoms with Crippen molar-refractivity contribution < 1.29 is 9.13 Å². The van der Waals surface area contributed by atoms with Gasteiger partial charge in [-0.25, -0.2) is 9.38 Å². The van der Waals surface area contributed by atoms with Crippen LogP contribution < -0.4 is 10.6 Å². The van der Waals surface area contributed by atoms with E-state index in [4.69, 9.17) is 4.74 Å². The zero-order valence-electron chi connectivity index (χ0n) is 13.9. The highest BCUT2D eigenvalue weighted by atomic mass is 127. The highest BCUT2D eigenvalue weighted by molar-refractivity contribution is 14.0. The number of halogens is 2. The van der Waals surface area contributed by atoms with Crippen LogP contribution in [-0.4, -0.2) is 32.3 Å². The van der Waals surface area contributed by atoms with Crippen LogP contribution in [0.15, 0.2) is 23.2 Å². The maximum absolute atomic E-state index is 13.2. The second kappa shape index (κ2) is 10.8. The van der Waals surface area contributed by atoms with Crippen molar-refractivity contribution >= 4 is 29.9 Å². The minimum atomic E-state index is -0.175. The quantitative estimate of drug-likeness (QED) is 0.285. The molecule has 1 aromatic carbocycles. The Balaban J connectivity index is 0.00000264. The van der Waals surface area contributed by atoms with Crippen molar-refractivity contribution in [1.82, 2.24) is 10.6 Å². The van der Waals surface area contributed by atoms with Gasteiger partial charge in [0.25, 0.3) is 0 Å².